The van der Waals surface area contributed by atoms with E-state index in [0.717, 1.165) is 33.4 Å². The van der Waals surface area contributed by atoms with Crippen molar-refractivity contribution in [1.82, 2.24) is 0 Å². The summed E-state index contributed by atoms with van der Waals surface area (Å²) < 4.78 is 12.5. The van der Waals surface area contributed by atoms with Crippen LogP contribution in [0.25, 0.3) is 21.9 Å². The lowest BCUT2D eigenvalue weighted by Crippen LogP contribution is -2.40. The van der Waals surface area contributed by atoms with Gasteiger partial charge in [-0.3, -0.25) is 0 Å². The molecule has 0 fully saturated rings. The monoisotopic (exact) mass is 463 g/mol. The molecule has 4 aromatic carbocycles. The van der Waals surface area contributed by atoms with E-state index in [2.05, 4.69) is 93.3 Å². The quantitative estimate of drug-likeness (QED) is 0.230. The molecule has 3 nitrogen and oxygen atoms in total. The van der Waals surface area contributed by atoms with Crippen LogP contribution in [0.5, 0.6) is 5.75 Å². The van der Waals surface area contributed by atoms with Crippen LogP contribution in [0.1, 0.15) is 27.7 Å². The SMILES string of the molecule is CC([C@H](C)[C@H](C)[C@@H](C)Oc1ccccc1)N(c1ccccc1)c1ccc2c(c1)oc1ccccc12. The first-order valence-corrected chi connectivity index (χ1v) is 12.5. The summed E-state index contributed by atoms with van der Waals surface area (Å²) in [5.41, 5.74) is 4.14. The summed E-state index contributed by atoms with van der Waals surface area (Å²) in [7, 11) is 0. The summed E-state index contributed by atoms with van der Waals surface area (Å²) in [4.78, 5) is 2.43. The van der Waals surface area contributed by atoms with Crippen LogP contribution in [-0.2, 0) is 0 Å². The van der Waals surface area contributed by atoms with Crippen molar-refractivity contribution in [2.24, 2.45) is 11.8 Å². The van der Waals surface area contributed by atoms with E-state index < -0.39 is 0 Å². The van der Waals surface area contributed by atoms with Crippen LogP contribution in [0.15, 0.2) is 108 Å². The number of ether oxygens (including phenoxy) is 1. The Kier molecular flexibility index (Phi) is 6.50. The smallest absolute Gasteiger partial charge is 0.137 e. The van der Waals surface area contributed by atoms with E-state index in [0.29, 0.717) is 11.8 Å². The molecule has 0 radical (unpaired) electrons. The summed E-state index contributed by atoms with van der Waals surface area (Å²) in [6.07, 6.45) is 0.0883. The van der Waals surface area contributed by atoms with Crippen molar-refractivity contribution in [2.75, 3.05) is 4.90 Å². The molecule has 5 rings (SSSR count). The second-order valence-corrected chi connectivity index (χ2v) is 9.58. The third-order valence-corrected chi connectivity index (χ3v) is 7.48. The largest absolute Gasteiger partial charge is 0.490 e. The topological polar surface area (TPSA) is 25.6 Å². The van der Waals surface area contributed by atoms with Crippen LogP contribution in [0, 0.1) is 11.8 Å². The minimum absolute atomic E-state index is 0.0883. The van der Waals surface area contributed by atoms with Crippen molar-refractivity contribution in [3.05, 3.63) is 103 Å². The normalized spacial score (nSPS) is 15.0. The van der Waals surface area contributed by atoms with Gasteiger partial charge < -0.3 is 14.1 Å². The minimum Gasteiger partial charge on any atom is -0.490 e. The van der Waals surface area contributed by atoms with Gasteiger partial charge in [0.2, 0.25) is 0 Å². The lowest BCUT2D eigenvalue weighted by molar-refractivity contribution is 0.119. The number of fused-ring (bicyclic) bond motifs is 3. The molecular weight excluding hydrogens is 430 g/mol. The fourth-order valence-electron chi connectivity index (χ4n) is 5.00. The number of furan rings is 1. The van der Waals surface area contributed by atoms with Gasteiger partial charge in [-0.2, -0.15) is 0 Å². The Labute approximate surface area is 207 Å². The number of para-hydroxylation sites is 3. The predicted octanol–water partition coefficient (Wildman–Crippen LogP) is 8.85. The number of nitrogens with zero attached hydrogens (tertiary/aromatic N) is 1. The Bertz CT molecular complexity index is 1390. The molecule has 3 heteroatoms. The first-order valence-electron chi connectivity index (χ1n) is 12.5. The average molecular weight is 464 g/mol. The van der Waals surface area contributed by atoms with E-state index in [-0.39, 0.29) is 12.1 Å². The standard InChI is InChI=1S/C32H33NO2/c1-22(23(2)25(4)34-28-15-9-6-10-16-28)24(3)33(26-13-7-5-8-14-26)27-19-20-30-29-17-11-12-18-31(29)35-32(30)21-27/h5-25H,1-4H3/t22-,23+,24?,25-/m1/s1. The molecule has 0 saturated heterocycles. The maximum absolute atomic E-state index is 6.30. The van der Waals surface area contributed by atoms with E-state index in [1.807, 2.05) is 42.5 Å². The van der Waals surface area contributed by atoms with Gasteiger partial charge in [-0.1, -0.05) is 68.4 Å². The van der Waals surface area contributed by atoms with Gasteiger partial charge in [0.25, 0.3) is 0 Å². The van der Waals surface area contributed by atoms with Crippen LogP contribution in [0.2, 0.25) is 0 Å². The first kappa shape index (κ1) is 23.0. The van der Waals surface area contributed by atoms with Crippen molar-refractivity contribution in [1.29, 1.82) is 0 Å². The molecule has 178 valence electrons. The Morgan fingerprint density at radius 1 is 0.600 bits per heavy atom. The molecular formula is C32H33NO2. The van der Waals surface area contributed by atoms with Crippen LogP contribution >= 0.6 is 0 Å². The molecule has 0 amide bonds. The third kappa shape index (κ3) is 4.64. The Balaban J connectivity index is 1.47. The lowest BCUT2D eigenvalue weighted by atomic mass is 9.85. The molecule has 0 saturated carbocycles. The van der Waals surface area contributed by atoms with E-state index in [1.54, 1.807) is 0 Å². The summed E-state index contributed by atoms with van der Waals surface area (Å²) in [6, 6.07) is 35.8. The van der Waals surface area contributed by atoms with Crippen molar-refractivity contribution in [3.8, 4) is 5.75 Å². The first-order chi connectivity index (χ1) is 17.0. The van der Waals surface area contributed by atoms with Crippen molar-refractivity contribution in [2.45, 2.75) is 39.8 Å². The summed E-state index contributed by atoms with van der Waals surface area (Å²) in [5, 5.41) is 2.30. The fourth-order valence-corrected chi connectivity index (χ4v) is 5.00. The average Bonchev–Trinajstić information content (AvgIpc) is 3.27. The Morgan fingerprint density at radius 2 is 1.23 bits per heavy atom. The number of rotatable bonds is 8. The highest BCUT2D eigenvalue weighted by Gasteiger charge is 2.30. The minimum atomic E-state index is 0.0883. The van der Waals surface area contributed by atoms with Gasteiger partial charge in [-0.25, -0.2) is 0 Å². The maximum atomic E-state index is 6.30. The lowest BCUT2D eigenvalue weighted by Gasteiger charge is -2.39. The van der Waals surface area contributed by atoms with Crippen LogP contribution in [-0.4, -0.2) is 12.1 Å². The fraction of sp³-hybridized carbons (Fsp3) is 0.250. The number of benzene rings is 4. The van der Waals surface area contributed by atoms with Gasteiger partial charge in [0.1, 0.15) is 16.9 Å². The maximum Gasteiger partial charge on any atom is 0.137 e. The zero-order valence-corrected chi connectivity index (χ0v) is 20.9. The molecule has 0 bridgehead atoms. The number of anilines is 2. The summed E-state index contributed by atoms with van der Waals surface area (Å²) in [5.74, 6) is 1.62. The van der Waals surface area contributed by atoms with E-state index >= 15 is 0 Å². The molecule has 4 atom stereocenters. The third-order valence-electron chi connectivity index (χ3n) is 7.48. The van der Waals surface area contributed by atoms with E-state index in [1.165, 1.54) is 5.69 Å². The summed E-state index contributed by atoms with van der Waals surface area (Å²) >= 11 is 0. The van der Waals surface area contributed by atoms with Gasteiger partial charge in [-0.15, -0.1) is 0 Å². The molecule has 0 aliphatic carbocycles. The molecule has 0 aliphatic rings. The van der Waals surface area contributed by atoms with E-state index in [9.17, 15) is 0 Å². The molecule has 5 aromatic rings. The highest BCUT2D eigenvalue weighted by molar-refractivity contribution is 6.05. The second kappa shape index (κ2) is 9.87. The molecule has 1 heterocycles. The predicted molar refractivity (Wildman–Crippen MR) is 147 cm³/mol. The molecule has 1 aromatic heterocycles. The van der Waals surface area contributed by atoms with Gasteiger partial charge in [0.15, 0.2) is 0 Å². The zero-order chi connectivity index (χ0) is 24.4. The highest BCUT2D eigenvalue weighted by atomic mass is 16.5. The van der Waals surface area contributed by atoms with Crippen molar-refractivity contribution < 1.29 is 9.15 Å². The van der Waals surface area contributed by atoms with Gasteiger partial charge in [0, 0.05) is 34.3 Å². The molecule has 35 heavy (non-hydrogen) atoms. The van der Waals surface area contributed by atoms with Crippen molar-refractivity contribution >= 4 is 33.3 Å². The molecule has 0 N–H and O–H groups in total. The van der Waals surface area contributed by atoms with E-state index in [4.69, 9.17) is 9.15 Å². The second-order valence-electron chi connectivity index (χ2n) is 9.58. The van der Waals surface area contributed by atoms with Crippen LogP contribution in [0.3, 0.4) is 0 Å². The summed E-state index contributed by atoms with van der Waals surface area (Å²) in [6.45, 7) is 9.11. The van der Waals surface area contributed by atoms with Gasteiger partial charge >= 0.3 is 0 Å². The van der Waals surface area contributed by atoms with Crippen molar-refractivity contribution in [3.63, 3.8) is 0 Å². The van der Waals surface area contributed by atoms with Crippen LogP contribution in [0.4, 0.5) is 11.4 Å². The Morgan fingerprint density at radius 3 is 1.97 bits per heavy atom. The zero-order valence-electron chi connectivity index (χ0n) is 20.9. The van der Waals surface area contributed by atoms with Crippen LogP contribution < -0.4 is 9.64 Å². The molecule has 1 unspecified atom stereocenters. The van der Waals surface area contributed by atoms with Gasteiger partial charge in [0.05, 0.1) is 6.10 Å². The molecule has 0 spiro atoms. The Hall–Kier alpha value is -3.72. The van der Waals surface area contributed by atoms with Gasteiger partial charge in [-0.05, 0) is 68.1 Å². The highest BCUT2D eigenvalue weighted by Crippen LogP contribution is 2.37. The number of hydrogen-bond acceptors (Lipinski definition) is 3. The number of hydrogen-bond donors (Lipinski definition) is 0. The molecule has 0 aliphatic heterocycles.